The molecule has 1 spiro atoms. The van der Waals surface area contributed by atoms with Crippen molar-refractivity contribution in [2.45, 2.75) is 12.2 Å². The summed E-state index contributed by atoms with van der Waals surface area (Å²) in [5, 5.41) is 9.60. The highest BCUT2D eigenvalue weighted by Crippen LogP contribution is 2.47. The summed E-state index contributed by atoms with van der Waals surface area (Å²) >= 11 is 0. The van der Waals surface area contributed by atoms with E-state index in [-0.39, 0.29) is 11.5 Å². The molecule has 1 saturated heterocycles. The quantitative estimate of drug-likeness (QED) is 0.728. The molecule has 1 fully saturated rings. The van der Waals surface area contributed by atoms with Gasteiger partial charge in [-0.3, -0.25) is 0 Å². The fraction of sp³-hybridized carbons (Fsp3) is 0.455. The van der Waals surface area contributed by atoms with Crippen LogP contribution in [-0.2, 0) is 15.3 Å². The normalized spacial score (nSPS) is 21.8. The fourth-order valence-corrected chi connectivity index (χ4v) is 2.19. The molecule has 4 nitrogen and oxygen atoms in total. The smallest absolute Gasteiger partial charge is 0.202 e. The van der Waals surface area contributed by atoms with E-state index in [9.17, 15) is 9.50 Å². The number of rotatable bonds is 0. The second-order valence-electron chi connectivity index (χ2n) is 3.85. The molecule has 0 saturated carbocycles. The Balaban J connectivity index is 2.17. The van der Waals surface area contributed by atoms with Crippen molar-refractivity contribution in [2.24, 2.45) is 0 Å². The van der Waals surface area contributed by atoms with Crippen molar-refractivity contribution in [2.75, 3.05) is 19.8 Å². The monoisotopic (exact) mass is 226 g/mol. The van der Waals surface area contributed by atoms with Gasteiger partial charge in [0, 0.05) is 12.5 Å². The molecule has 3 rings (SSSR count). The van der Waals surface area contributed by atoms with Crippen LogP contribution >= 0.6 is 0 Å². The first-order chi connectivity index (χ1) is 7.71. The van der Waals surface area contributed by atoms with Gasteiger partial charge in [0.2, 0.25) is 5.79 Å². The van der Waals surface area contributed by atoms with E-state index in [0.29, 0.717) is 31.8 Å². The minimum atomic E-state index is -0.937. The van der Waals surface area contributed by atoms with E-state index in [1.54, 1.807) is 0 Å². The highest BCUT2D eigenvalue weighted by Gasteiger charge is 2.44. The Morgan fingerprint density at radius 2 is 1.94 bits per heavy atom. The predicted octanol–water partition coefficient (Wildman–Crippen LogP) is 1.51. The number of hydrogen-bond donors (Lipinski definition) is 1. The maximum Gasteiger partial charge on any atom is 0.202 e. The van der Waals surface area contributed by atoms with Crippen LogP contribution in [0.4, 0.5) is 4.39 Å². The van der Waals surface area contributed by atoms with E-state index in [1.807, 2.05) is 0 Å². The van der Waals surface area contributed by atoms with Gasteiger partial charge in [-0.2, -0.15) is 0 Å². The molecule has 0 bridgehead atoms. The molecule has 2 heterocycles. The minimum absolute atomic E-state index is 0.215. The number of halogens is 1. The van der Waals surface area contributed by atoms with Crippen LogP contribution in [-0.4, -0.2) is 24.9 Å². The first-order valence-electron chi connectivity index (χ1n) is 5.15. The van der Waals surface area contributed by atoms with Crippen molar-refractivity contribution in [3.63, 3.8) is 0 Å². The molecule has 0 unspecified atom stereocenters. The van der Waals surface area contributed by atoms with Gasteiger partial charge in [0.15, 0.2) is 11.5 Å². The molecule has 1 aromatic carbocycles. The van der Waals surface area contributed by atoms with Gasteiger partial charge in [0.1, 0.15) is 5.82 Å². The third-order valence-electron chi connectivity index (χ3n) is 2.88. The van der Waals surface area contributed by atoms with Crippen LogP contribution in [0.3, 0.4) is 0 Å². The molecule has 0 aliphatic carbocycles. The molecule has 16 heavy (non-hydrogen) atoms. The summed E-state index contributed by atoms with van der Waals surface area (Å²) in [6.07, 6.45) is 0.503. The number of ether oxygens (including phenoxy) is 3. The van der Waals surface area contributed by atoms with Gasteiger partial charge < -0.3 is 19.3 Å². The maximum absolute atomic E-state index is 13.3. The zero-order valence-corrected chi connectivity index (χ0v) is 8.53. The third-order valence-corrected chi connectivity index (χ3v) is 2.88. The lowest BCUT2D eigenvalue weighted by molar-refractivity contribution is -0.183. The van der Waals surface area contributed by atoms with Crippen LogP contribution in [0.15, 0.2) is 12.1 Å². The summed E-state index contributed by atoms with van der Waals surface area (Å²) in [4.78, 5) is 0. The molecular formula is C11H11FO4. The molecule has 0 radical (unpaired) electrons. The molecule has 0 aromatic heterocycles. The second-order valence-corrected chi connectivity index (χ2v) is 3.85. The van der Waals surface area contributed by atoms with Gasteiger partial charge in [-0.1, -0.05) is 0 Å². The van der Waals surface area contributed by atoms with Gasteiger partial charge in [-0.25, -0.2) is 4.39 Å². The lowest BCUT2D eigenvalue weighted by atomic mass is 9.98. The van der Waals surface area contributed by atoms with Crippen molar-refractivity contribution in [3.8, 4) is 11.5 Å². The number of benzene rings is 1. The van der Waals surface area contributed by atoms with Crippen molar-refractivity contribution >= 4 is 0 Å². The van der Waals surface area contributed by atoms with Crippen LogP contribution in [0.25, 0.3) is 0 Å². The average molecular weight is 226 g/mol. The van der Waals surface area contributed by atoms with E-state index in [2.05, 4.69) is 0 Å². The Morgan fingerprint density at radius 3 is 2.69 bits per heavy atom. The van der Waals surface area contributed by atoms with Crippen molar-refractivity contribution < 1.29 is 23.7 Å². The molecular weight excluding hydrogens is 215 g/mol. The van der Waals surface area contributed by atoms with Crippen LogP contribution in [0.2, 0.25) is 0 Å². The topological polar surface area (TPSA) is 47.9 Å². The molecule has 86 valence electrons. The standard InChI is InChI=1S/C11H11FO4/c12-7-5-8-10(9(13)6-7)14-2-1-11(8)15-3-4-16-11/h5-6,13H,1-4H2. The van der Waals surface area contributed by atoms with Gasteiger partial charge in [-0.05, 0) is 6.07 Å². The zero-order valence-electron chi connectivity index (χ0n) is 8.53. The van der Waals surface area contributed by atoms with Crippen molar-refractivity contribution in [3.05, 3.63) is 23.5 Å². The Bertz CT molecular complexity index is 426. The molecule has 1 N–H and O–H groups in total. The van der Waals surface area contributed by atoms with Crippen LogP contribution < -0.4 is 4.74 Å². The van der Waals surface area contributed by atoms with E-state index >= 15 is 0 Å². The van der Waals surface area contributed by atoms with Gasteiger partial charge in [0.25, 0.3) is 0 Å². The van der Waals surface area contributed by atoms with Gasteiger partial charge in [-0.15, -0.1) is 0 Å². The van der Waals surface area contributed by atoms with Crippen molar-refractivity contribution in [1.82, 2.24) is 0 Å². The Kier molecular flexibility index (Phi) is 2.05. The molecule has 2 aliphatic heterocycles. The summed E-state index contributed by atoms with van der Waals surface area (Å²) in [5.74, 6) is -1.42. The Labute approximate surface area is 91.5 Å². The number of fused-ring (bicyclic) bond motifs is 2. The van der Waals surface area contributed by atoms with Crippen LogP contribution in [0.5, 0.6) is 11.5 Å². The second kappa shape index (κ2) is 3.33. The molecule has 0 amide bonds. The van der Waals surface area contributed by atoms with Gasteiger partial charge >= 0.3 is 0 Å². The summed E-state index contributed by atoms with van der Waals surface area (Å²) in [5.41, 5.74) is 0.439. The molecule has 2 aliphatic rings. The summed E-state index contributed by atoms with van der Waals surface area (Å²) < 4.78 is 29.7. The van der Waals surface area contributed by atoms with Crippen molar-refractivity contribution in [1.29, 1.82) is 0 Å². The SMILES string of the molecule is Oc1cc(F)cc2c1OCCC21OCCO1. The summed E-state index contributed by atoms with van der Waals surface area (Å²) in [7, 11) is 0. The summed E-state index contributed by atoms with van der Waals surface area (Å²) in [6.45, 7) is 1.32. The lowest BCUT2D eigenvalue weighted by Crippen LogP contribution is -2.34. The Morgan fingerprint density at radius 1 is 1.19 bits per heavy atom. The fourth-order valence-electron chi connectivity index (χ4n) is 2.19. The molecule has 0 atom stereocenters. The average Bonchev–Trinajstić information content (AvgIpc) is 2.69. The van der Waals surface area contributed by atoms with E-state index in [4.69, 9.17) is 14.2 Å². The zero-order chi connectivity index (χ0) is 11.2. The summed E-state index contributed by atoms with van der Waals surface area (Å²) in [6, 6.07) is 2.31. The minimum Gasteiger partial charge on any atom is -0.504 e. The molecule has 1 aromatic rings. The van der Waals surface area contributed by atoms with Crippen LogP contribution in [0.1, 0.15) is 12.0 Å². The highest BCUT2D eigenvalue weighted by molar-refractivity contribution is 5.49. The maximum atomic E-state index is 13.3. The van der Waals surface area contributed by atoms with E-state index in [1.165, 1.54) is 6.07 Å². The first-order valence-corrected chi connectivity index (χ1v) is 5.15. The van der Waals surface area contributed by atoms with E-state index < -0.39 is 11.6 Å². The number of phenolic OH excluding ortho intramolecular Hbond substituents is 1. The molecule has 5 heteroatoms. The first kappa shape index (κ1) is 9.86. The largest absolute Gasteiger partial charge is 0.504 e. The number of hydrogen-bond acceptors (Lipinski definition) is 4. The van der Waals surface area contributed by atoms with Gasteiger partial charge in [0.05, 0.1) is 25.4 Å². The third kappa shape index (κ3) is 1.28. The highest BCUT2D eigenvalue weighted by atomic mass is 19.1. The van der Waals surface area contributed by atoms with Crippen LogP contribution in [0, 0.1) is 5.82 Å². The Hall–Kier alpha value is -1.33. The van der Waals surface area contributed by atoms with E-state index in [0.717, 1.165) is 6.07 Å². The lowest BCUT2D eigenvalue weighted by Gasteiger charge is -2.33. The number of phenols is 1. The predicted molar refractivity (Wildman–Crippen MR) is 51.8 cm³/mol. The number of aromatic hydroxyl groups is 1.